The van der Waals surface area contributed by atoms with Crippen LogP contribution < -0.4 is 10.5 Å². The van der Waals surface area contributed by atoms with Crippen molar-refractivity contribution in [2.75, 3.05) is 13.7 Å². The molecular formula is C15H23NO2S. The van der Waals surface area contributed by atoms with Crippen molar-refractivity contribution >= 4 is 11.8 Å². The van der Waals surface area contributed by atoms with Crippen LogP contribution in [-0.2, 0) is 10.5 Å². The van der Waals surface area contributed by atoms with Gasteiger partial charge in [-0.1, -0.05) is 6.07 Å². The lowest BCUT2D eigenvalue weighted by Gasteiger charge is -2.16. The van der Waals surface area contributed by atoms with Gasteiger partial charge < -0.3 is 15.2 Å². The monoisotopic (exact) mass is 281 g/mol. The van der Waals surface area contributed by atoms with E-state index in [1.807, 2.05) is 30.8 Å². The predicted molar refractivity (Wildman–Crippen MR) is 80.7 cm³/mol. The minimum absolute atomic E-state index is 0.0587. The molecule has 0 amide bonds. The van der Waals surface area contributed by atoms with Gasteiger partial charge in [-0.2, -0.15) is 11.8 Å². The number of methoxy groups -OCH3 is 1. The molecule has 0 aliphatic carbocycles. The molecule has 1 saturated heterocycles. The first kappa shape index (κ1) is 14.7. The van der Waals surface area contributed by atoms with Crippen LogP contribution in [0, 0.1) is 0 Å². The van der Waals surface area contributed by atoms with Gasteiger partial charge in [-0.15, -0.1) is 0 Å². The average Bonchev–Trinajstić information content (AvgIpc) is 2.81. The molecule has 1 heterocycles. The molecule has 0 saturated carbocycles. The molecule has 3 unspecified atom stereocenters. The fourth-order valence-corrected chi connectivity index (χ4v) is 3.55. The second kappa shape index (κ2) is 6.64. The van der Waals surface area contributed by atoms with Gasteiger partial charge in [0.15, 0.2) is 0 Å². The van der Waals surface area contributed by atoms with Crippen LogP contribution in [0.4, 0.5) is 0 Å². The minimum Gasteiger partial charge on any atom is -0.496 e. The smallest absolute Gasteiger partial charge is 0.122 e. The third-order valence-corrected chi connectivity index (χ3v) is 5.11. The van der Waals surface area contributed by atoms with Gasteiger partial charge in [-0.05, 0) is 38.0 Å². The second-order valence-electron chi connectivity index (χ2n) is 5.07. The van der Waals surface area contributed by atoms with Gasteiger partial charge in [-0.25, -0.2) is 0 Å². The van der Waals surface area contributed by atoms with E-state index in [0.717, 1.165) is 30.1 Å². The molecule has 1 aliphatic heterocycles. The summed E-state index contributed by atoms with van der Waals surface area (Å²) in [4.78, 5) is 0. The number of ether oxygens (including phenoxy) is 2. The van der Waals surface area contributed by atoms with Crippen molar-refractivity contribution in [3.05, 3.63) is 29.3 Å². The third-order valence-electron chi connectivity index (χ3n) is 3.59. The number of hydrogen-bond acceptors (Lipinski definition) is 4. The Balaban J connectivity index is 2.06. The summed E-state index contributed by atoms with van der Waals surface area (Å²) in [6, 6.07) is 6.28. The molecular weight excluding hydrogens is 258 g/mol. The van der Waals surface area contributed by atoms with Gasteiger partial charge in [0.05, 0.1) is 13.2 Å². The van der Waals surface area contributed by atoms with Crippen LogP contribution >= 0.6 is 11.8 Å². The van der Waals surface area contributed by atoms with Crippen LogP contribution in [-0.4, -0.2) is 25.1 Å². The van der Waals surface area contributed by atoms with Gasteiger partial charge in [0, 0.05) is 29.2 Å². The molecule has 19 heavy (non-hydrogen) atoms. The topological polar surface area (TPSA) is 44.5 Å². The number of rotatable bonds is 5. The lowest BCUT2D eigenvalue weighted by Crippen LogP contribution is -2.13. The lowest BCUT2D eigenvalue weighted by atomic mass is 10.1. The molecule has 3 atom stereocenters. The average molecular weight is 281 g/mol. The first-order valence-electron chi connectivity index (χ1n) is 6.77. The Morgan fingerprint density at radius 1 is 1.53 bits per heavy atom. The van der Waals surface area contributed by atoms with Gasteiger partial charge in [0.2, 0.25) is 0 Å². The molecule has 106 valence electrons. The molecule has 2 rings (SSSR count). The Kier molecular flexibility index (Phi) is 5.13. The quantitative estimate of drug-likeness (QED) is 0.900. The van der Waals surface area contributed by atoms with E-state index in [0.29, 0.717) is 11.4 Å². The summed E-state index contributed by atoms with van der Waals surface area (Å²) in [6.07, 6.45) is 1.49. The summed E-state index contributed by atoms with van der Waals surface area (Å²) in [6.45, 7) is 5.04. The van der Waals surface area contributed by atoms with E-state index in [9.17, 15) is 0 Å². The van der Waals surface area contributed by atoms with E-state index in [-0.39, 0.29) is 6.04 Å². The van der Waals surface area contributed by atoms with Crippen LogP contribution in [0.3, 0.4) is 0 Å². The maximum Gasteiger partial charge on any atom is 0.122 e. The molecule has 0 radical (unpaired) electrons. The lowest BCUT2D eigenvalue weighted by molar-refractivity contribution is 0.127. The van der Waals surface area contributed by atoms with E-state index >= 15 is 0 Å². The van der Waals surface area contributed by atoms with Gasteiger partial charge in [0.25, 0.3) is 0 Å². The van der Waals surface area contributed by atoms with Crippen LogP contribution in [0.25, 0.3) is 0 Å². The first-order valence-corrected chi connectivity index (χ1v) is 7.82. The number of benzene rings is 1. The SMILES string of the molecule is COc1ccc(C(C)N)cc1CSC1CCOC1C. The molecule has 1 aliphatic rings. The van der Waals surface area contributed by atoms with E-state index in [4.69, 9.17) is 15.2 Å². The van der Waals surface area contributed by atoms with Crippen LogP contribution in [0.5, 0.6) is 5.75 Å². The molecule has 1 aromatic carbocycles. The Morgan fingerprint density at radius 2 is 2.32 bits per heavy atom. The zero-order chi connectivity index (χ0) is 13.8. The van der Waals surface area contributed by atoms with Gasteiger partial charge in [-0.3, -0.25) is 0 Å². The third kappa shape index (κ3) is 3.65. The molecule has 1 aromatic rings. The molecule has 3 nitrogen and oxygen atoms in total. The second-order valence-corrected chi connectivity index (χ2v) is 6.30. The van der Waals surface area contributed by atoms with E-state index < -0.39 is 0 Å². The minimum atomic E-state index is 0.0587. The van der Waals surface area contributed by atoms with Crippen LogP contribution in [0.2, 0.25) is 0 Å². The maximum atomic E-state index is 5.95. The molecule has 0 spiro atoms. The van der Waals surface area contributed by atoms with Crippen molar-refractivity contribution in [3.8, 4) is 5.75 Å². The Bertz CT molecular complexity index is 423. The largest absolute Gasteiger partial charge is 0.496 e. The fourth-order valence-electron chi connectivity index (χ4n) is 2.32. The molecule has 1 fully saturated rings. The van der Waals surface area contributed by atoms with E-state index in [1.165, 1.54) is 5.56 Å². The van der Waals surface area contributed by atoms with Crippen molar-refractivity contribution in [2.24, 2.45) is 5.73 Å². The summed E-state index contributed by atoms with van der Waals surface area (Å²) < 4.78 is 11.0. The molecule has 0 bridgehead atoms. The van der Waals surface area contributed by atoms with Crippen molar-refractivity contribution < 1.29 is 9.47 Å². The van der Waals surface area contributed by atoms with E-state index in [2.05, 4.69) is 13.0 Å². The standard InChI is InChI=1S/C15H23NO2S/c1-10(16)12-4-5-14(17-3)13(8-12)9-19-15-6-7-18-11(15)2/h4-5,8,10-11,15H,6-7,9,16H2,1-3H3. The molecule has 4 heteroatoms. The van der Waals surface area contributed by atoms with Gasteiger partial charge in [0.1, 0.15) is 5.75 Å². The number of thioether (sulfide) groups is 1. The normalized spacial score (nSPS) is 24.4. The number of nitrogens with two attached hydrogens (primary N) is 1. The first-order chi connectivity index (χ1) is 9.11. The molecule has 2 N–H and O–H groups in total. The van der Waals surface area contributed by atoms with Crippen molar-refractivity contribution in [1.82, 2.24) is 0 Å². The highest BCUT2D eigenvalue weighted by molar-refractivity contribution is 7.99. The highest BCUT2D eigenvalue weighted by atomic mass is 32.2. The van der Waals surface area contributed by atoms with Crippen molar-refractivity contribution in [1.29, 1.82) is 0 Å². The zero-order valence-electron chi connectivity index (χ0n) is 11.9. The summed E-state index contributed by atoms with van der Waals surface area (Å²) in [7, 11) is 1.72. The maximum absolute atomic E-state index is 5.95. The Morgan fingerprint density at radius 3 is 2.89 bits per heavy atom. The summed E-state index contributed by atoms with van der Waals surface area (Å²) in [5, 5.41) is 0.587. The van der Waals surface area contributed by atoms with Crippen LogP contribution in [0.15, 0.2) is 18.2 Å². The van der Waals surface area contributed by atoms with Gasteiger partial charge >= 0.3 is 0 Å². The summed E-state index contributed by atoms with van der Waals surface area (Å²) >= 11 is 1.95. The molecule has 0 aromatic heterocycles. The Labute approximate surface area is 119 Å². The van der Waals surface area contributed by atoms with Crippen LogP contribution in [0.1, 0.15) is 37.4 Å². The number of hydrogen-bond donors (Lipinski definition) is 1. The Hall–Kier alpha value is -0.710. The fraction of sp³-hybridized carbons (Fsp3) is 0.600. The summed E-state index contributed by atoms with van der Waals surface area (Å²) in [5.74, 6) is 1.89. The van der Waals surface area contributed by atoms with Crippen molar-refractivity contribution in [2.45, 2.75) is 43.4 Å². The van der Waals surface area contributed by atoms with Crippen molar-refractivity contribution in [3.63, 3.8) is 0 Å². The predicted octanol–water partition coefficient (Wildman–Crippen LogP) is 3.13. The summed E-state index contributed by atoms with van der Waals surface area (Å²) in [5.41, 5.74) is 8.33. The highest BCUT2D eigenvalue weighted by Gasteiger charge is 2.24. The van der Waals surface area contributed by atoms with E-state index in [1.54, 1.807) is 7.11 Å². The zero-order valence-corrected chi connectivity index (χ0v) is 12.7. The highest BCUT2D eigenvalue weighted by Crippen LogP contribution is 2.32.